The van der Waals surface area contributed by atoms with E-state index in [0.29, 0.717) is 10.6 Å². The van der Waals surface area contributed by atoms with Gasteiger partial charge in [-0.25, -0.2) is 9.86 Å². The van der Waals surface area contributed by atoms with Crippen molar-refractivity contribution < 1.29 is 19.5 Å². The van der Waals surface area contributed by atoms with Crippen LogP contribution >= 0.6 is 23.2 Å². The lowest BCUT2D eigenvalue weighted by Crippen LogP contribution is -2.25. The van der Waals surface area contributed by atoms with Crippen LogP contribution in [0.1, 0.15) is 31.8 Å². The Hall–Kier alpha value is -2.08. The molecule has 25 heavy (non-hydrogen) atoms. The number of carbonyl (C=O) groups excluding carboxylic acids is 1. The highest BCUT2D eigenvalue weighted by molar-refractivity contribution is 6.34. The van der Waals surface area contributed by atoms with Crippen LogP contribution in [-0.4, -0.2) is 36.2 Å². The summed E-state index contributed by atoms with van der Waals surface area (Å²) in [5.74, 6) is -1.24. The largest absolute Gasteiger partial charge is 0.478 e. The predicted octanol–water partition coefficient (Wildman–Crippen LogP) is 4.63. The molecule has 5 nitrogen and oxygen atoms in total. The Bertz CT molecular complexity index is 778. The fraction of sp³-hybridized carbons (Fsp3) is 0.222. The van der Waals surface area contributed by atoms with Crippen molar-refractivity contribution in [2.75, 3.05) is 14.2 Å². The average Bonchev–Trinajstić information content (AvgIpc) is 2.58. The van der Waals surface area contributed by atoms with E-state index in [1.807, 2.05) is 19.9 Å². The number of hydroxylamine groups is 2. The van der Waals surface area contributed by atoms with Crippen LogP contribution in [0.25, 0.3) is 0 Å². The van der Waals surface area contributed by atoms with Crippen LogP contribution in [0.5, 0.6) is 0 Å². The van der Waals surface area contributed by atoms with Gasteiger partial charge in [0.2, 0.25) is 0 Å². The third-order valence-electron chi connectivity index (χ3n) is 3.26. The molecule has 2 aromatic carbocycles. The molecule has 0 unspecified atom stereocenters. The Kier molecular flexibility index (Phi) is 7.90. The van der Waals surface area contributed by atoms with Crippen molar-refractivity contribution in [3.05, 3.63) is 68.7 Å². The molecule has 1 N–H and O–H groups in total. The van der Waals surface area contributed by atoms with Crippen LogP contribution in [0, 0.1) is 13.8 Å². The molecule has 0 fully saturated rings. The third kappa shape index (κ3) is 6.05. The van der Waals surface area contributed by atoms with Gasteiger partial charge in [0.1, 0.15) is 0 Å². The number of carbonyl (C=O) groups is 2. The zero-order valence-electron chi connectivity index (χ0n) is 14.3. The Balaban J connectivity index is 0.000000257. The summed E-state index contributed by atoms with van der Waals surface area (Å²) in [4.78, 5) is 26.9. The number of benzene rings is 2. The van der Waals surface area contributed by atoms with Gasteiger partial charge in [-0.3, -0.25) is 9.63 Å². The quantitative estimate of drug-likeness (QED) is 0.784. The first-order chi connectivity index (χ1) is 11.7. The van der Waals surface area contributed by atoms with E-state index in [1.54, 1.807) is 37.4 Å². The molecule has 2 rings (SSSR count). The molecule has 1 amide bonds. The Morgan fingerprint density at radius 2 is 1.40 bits per heavy atom. The maximum atomic E-state index is 11.7. The molecule has 0 bridgehead atoms. The van der Waals surface area contributed by atoms with E-state index in [-0.39, 0.29) is 16.5 Å². The summed E-state index contributed by atoms with van der Waals surface area (Å²) in [5.41, 5.74) is 2.50. The lowest BCUT2D eigenvalue weighted by atomic mass is 10.1. The summed E-state index contributed by atoms with van der Waals surface area (Å²) < 4.78 is 0. The van der Waals surface area contributed by atoms with Crippen LogP contribution in [0.15, 0.2) is 36.4 Å². The highest BCUT2D eigenvalue weighted by atomic mass is 35.5. The summed E-state index contributed by atoms with van der Waals surface area (Å²) in [6.45, 7) is 3.72. The first-order valence-electron chi connectivity index (χ1n) is 7.25. The minimum absolute atomic E-state index is 0.159. The van der Waals surface area contributed by atoms with Crippen molar-refractivity contribution in [3.63, 3.8) is 0 Å². The lowest BCUT2D eigenvalue weighted by molar-refractivity contribution is -0.0756. The molecule has 0 spiro atoms. The second-order valence-corrected chi connectivity index (χ2v) is 6.07. The normalized spacial score (nSPS) is 9.84. The molecule has 0 aliphatic heterocycles. The van der Waals surface area contributed by atoms with Crippen LogP contribution in [0.3, 0.4) is 0 Å². The second kappa shape index (κ2) is 9.42. The Labute approximate surface area is 156 Å². The number of nitrogens with zero attached hydrogens (tertiary/aromatic N) is 1. The van der Waals surface area contributed by atoms with E-state index in [1.165, 1.54) is 7.11 Å². The molecular formula is C18H19Cl2NO4. The second-order valence-electron chi connectivity index (χ2n) is 5.26. The summed E-state index contributed by atoms with van der Waals surface area (Å²) in [5, 5.41) is 10.5. The van der Waals surface area contributed by atoms with Gasteiger partial charge in [0.25, 0.3) is 5.91 Å². The summed E-state index contributed by atoms with van der Waals surface area (Å²) in [7, 11) is 2.97. The van der Waals surface area contributed by atoms with Gasteiger partial charge < -0.3 is 5.11 Å². The van der Waals surface area contributed by atoms with E-state index < -0.39 is 5.97 Å². The van der Waals surface area contributed by atoms with Crippen molar-refractivity contribution in [2.45, 2.75) is 13.8 Å². The van der Waals surface area contributed by atoms with Gasteiger partial charge in [-0.2, -0.15) is 0 Å². The minimum atomic E-state index is -0.987. The average molecular weight is 384 g/mol. The van der Waals surface area contributed by atoms with Crippen molar-refractivity contribution in [1.82, 2.24) is 5.06 Å². The fourth-order valence-electron chi connectivity index (χ4n) is 1.86. The minimum Gasteiger partial charge on any atom is -0.478 e. The molecule has 0 radical (unpaired) electrons. The Morgan fingerprint density at radius 3 is 1.80 bits per heavy atom. The van der Waals surface area contributed by atoms with Gasteiger partial charge in [0.15, 0.2) is 0 Å². The fourth-order valence-corrected chi connectivity index (χ4v) is 2.26. The number of aryl methyl sites for hydroxylation is 2. The van der Waals surface area contributed by atoms with E-state index in [4.69, 9.17) is 33.1 Å². The van der Waals surface area contributed by atoms with Gasteiger partial charge in [-0.1, -0.05) is 46.5 Å². The molecule has 0 saturated heterocycles. The van der Waals surface area contributed by atoms with Gasteiger partial charge >= 0.3 is 5.97 Å². The first-order valence-corrected chi connectivity index (χ1v) is 8.00. The lowest BCUT2D eigenvalue weighted by Gasteiger charge is -2.14. The zero-order chi connectivity index (χ0) is 19.1. The van der Waals surface area contributed by atoms with Gasteiger partial charge in [0, 0.05) is 7.05 Å². The number of amides is 1. The third-order valence-corrected chi connectivity index (χ3v) is 3.92. The predicted molar refractivity (Wildman–Crippen MR) is 98.4 cm³/mol. The maximum Gasteiger partial charge on any atom is 0.337 e. The van der Waals surface area contributed by atoms with Crippen LogP contribution in [-0.2, 0) is 4.84 Å². The molecule has 7 heteroatoms. The number of rotatable bonds is 3. The van der Waals surface area contributed by atoms with Crippen LogP contribution in [0.2, 0.25) is 10.0 Å². The summed E-state index contributed by atoms with van der Waals surface area (Å²) >= 11 is 11.5. The zero-order valence-corrected chi connectivity index (χ0v) is 15.9. The van der Waals surface area contributed by atoms with Crippen molar-refractivity contribution in [2.24, 2.45) is 0 Å². The van der Waals surface area contributed by atoms with E-state index in [0.717, 1.165) is 16.2 Å². The molecule has 0 aliphatic carbocycles. The molecule has 2 aromatic rings. The van der Waals surface area contributed by atoms with Gasteiger partial charge in [-0.05, 0) is 38.1 Å². The summed E-state index contributed by atoms with van der Waals surface area (Å²) in [6.07, 6.45) is 0. The number of carboxylic acid groups (broad SMARTS) is 1. The SMILES string of the molecule is CON(C)C(=O)c1cc(C)ccc1Cl.Cc1ccc(Cl)c(C(=O)O)c1. The Morgan fingerprint density at radius 1 is 0.960 bits per heavy atom. The topological polar surface area (TPSA) is 66.8 Å². The molecule has 0 atom stereocenters. The van der Waals surface area contributed by atoms with E-state index in [9.17, 15) is 9.59 Å². The van der Waals surface area contributed by atoms with Crippen molar-refractivity contribution in [1.29, 1.82) is 0 Å². The van der Waals surface area contributed by atoms with Gasteiger partial charge in [0.05, 0.1) is 28.3 Å². The number of aromatic carboxylic acids is 1. The highest BCUT2D eigenvalue weighted by Crippen LogP contribution is 2.19. The highest BCUT2D eigenvalue weighted by Gasteiger charge is 2.14. The summed E-state index contributed by atoms with van der Waals surface area (Å²) in [6, 6.07) is 10.2. The number of halogens is 2. The smallest absolute Gasteiger partial charge is 0.337 e. The van der Waals surface area contributed by atoms with Crippen LogP contribution < -0.4 is 0 Å². The number of hydrogen-bond donors (Lipinski definition) is 1. The standard InChI is InChI=1S/C10H12ClNO2.C8H7ClO2/c1-7-4-5-9(11)8(6-7)10(13)12(2)14-3;1-5-2-3-7(9)6(4-5)8(10)11/h4-6H,1-3H3;2-4H,1H3,(H,10,11). The number of carboxylic acids is 1. The van der Waals surface area contributed by atoms with Gasteiger partial charge in [-0.15, -0.1) is 0 Å². The molecular weight excluding hydrogens is 365 g/mol. The molecule has 0 aromatic heterocycles. The van der Waals surface area contributed by atoms with Crippen LogP contribution in [0.4, 0.5) is 0 Å². The molecule has 134 valence electrons. The van der Waals surface area contributed by atoms with E-state index in [2.05, 4.69) is 0 Å². The maximum absolute atomic E-state index is 11.7. The van der Waals surface area contributed by atoms with Crippen molar-refractivity contribution >= 4 is 35.1 Å². The first kappa shape index (κ1) is 21.0. The molecule has 0 saturated carbocycles. The molecule has 0 aliphatic rings. The monoisotopic (exact) mass is 383 g/mol. The van der Waals surface area contributed by atoms with Crippen molar-refractivity contribution in [3.8, 4) is 0 Å². The number of hydrogen-bond acceptors (Lipinski definition) is 3. The molecule has 0 heterocycles. The van der Waals surface area contributed by atoms with E-state index >= 15 is 0 Å².